The second-order valence-electron chi connectivity index (χ2n) is 9.64. The van der Waals surface area contributed by atoms with E-state index in [0.29, 0.717) is 31.7 Å². The van der Waals surface area contributed by atoms with Crippen molar-refractivity contribution in [1.82, 2.24) is 10.2 Å². The first-order valence-corrected chi connectivity index (χ1v) is 14.6. The van der Waals surface area contributed by atoms with Crippen molar-refractivity contribution in [1.29, 1.82) is 0 Å². The van der Waals surface area contributed by atoms with Gasteiger partial charge in [0.2, 0.25) is 5.91 Å². The number of aliphatic carboxylic acids is 1. The van der Waals surface area contributed by atoms with Gasteiger partial charge in [-0.15, -0.1) is 11.3 Å². The molecule has 0 fully saturated rings. The summed E-state index contributed by atoms with van der Waals surface area (Å²) in [5.74, 6) is -2.81. The third-order valence-corrected chi connectivity index (χ3v) is 7.20. The summed E-state index contributed by atoms with van der Waals surface area (Å²) in [6, 6.07) is 26.4. The van der Waals surface area contributed by atoms with E-state index in [-0.39, 0.29) is 17.6 Å². The zero-order valence-corrected chi connectivity index (χ0v) is 24.9. The zero-order valence-electron chi connectivity index (χ0n) is 24.0. The van der Waals surface area contributed by atoms with Crippen molar-refractivity contribution in [2.45, 2.75) is 19.1 Å². The number of carbonyl (C=O) groups excluding carboxylic acids is 2. The van der Waals surface area contributed by atoms with Crippen molar-refractivity contribution in [3.05, 3.63) is 118 Å². The smallest absolute Gasteiger partial charge is 0.490 e. The van der Waals surface area contributed by atoms with Crippen LogP contribution in [0.1, 0.15) is 26.4 Å². The van der Waals surface area contributed by atoms with E-state index in [1.165, 1.54) is 4.88 Å². The molecule has 4 aromatic rings. The minimum absolute atomic E-state index is 0.0846. The minimum atomic E-state index is -5.08. The molecular weight excluding hydrogens is 607 g/mol. The summed E-state index contributed by atoms with van der Waals surface area (Å²) in [7, 11) is 0. The number of carbonyl (C=O) groups is 3. The van der Waals surface area contributed by atoms with E-state index in [4.69, 9.17) is 15.6 Å². The second kappa shape index (κ2) is 16.8. The Bertz CT molecular complexity index is 1590. The van der Waals surface area contributed by atoms with Crippen molar-refractivity contribution in [3.63, 3.8) is 0 Å². The fourth-order valence-electron chi connectivity index (χ4n) is 4.02. The van der Waals surface area contributed by atoms with Gasteiger partial charge in [-0.1, -0.05) is 48.5 Å². The maximum atomic E-state index is 13.2. The lowest BCUT2D eigenvalue weighted by molar-refractivity contribution is -0.192. The molecular formula is C33H32F3N3O5S. The predicted octanol–water partition coefficient (Wildman–Crippen LogP) is 5.73. The Balaban J connectivity index is 0.000000707. The van der Waals surface area contributed by atoms with Gasteiger partial charge in [0, 0.05) is 42.7 Å². The standard InChI is InChI=1S/C31H31N3O3S.C2HF3O2/c32-16-17-33-31(37)27-7-2-6-26(21-27)25-5-1-4-24(20-25)22-34(18-15-29-8-3-19-38-29)30(36)14-11-23-9-12-28(35)13-10-23;3-2(4,5)1(6)7/h1-14,19-21,35H,15-18,22,32H2,(H,33,37);(H,6,7). The van der Waals surface area contributed by atoms with Gasteiger partial charge < -0.3 is 26.2 Å². The molecule has 8 nitrogen and oxygen atoms in total. The number of hydrogen-bond acceptors (Lipinski definition) is 6. The number of benzene rings is 3. The SMILES string of the molecule is NCCNC(=O)c1cccc(-c2cccc(CN(CCc3cccs3)C(=O)C=Cc3ccc(O)cc3)c2)c1.O=C(O)C(F)(F)F. The van der Waals surface area contributed by atoms with Crippen LogP contribution in [0.25, 0.3) is 17.2 Å². The molecule has 4 rings (SSSR count). The third-order valence-electron chi connectivity index (χ3n) is 6.26. The number of phenols is 1. The van der Waals surface area contributed by atoms with E-state index in [1.54, 1.807) is 53.8 Å². The number of nitrogens with zero attached hydrogens (tertiary/aromatic N) is 1. The average Bonchev–Trinajstić information content (AvgIpc) is 3.55. The molecule has 45 heavy (non-hydrogen) atoms. The van der Waals surface area contributed by atoms with Crippen LogP contribution in [0.3, 0.4) is 0 Å². The largest absolute Gasteiger partial charge is 0.508 e. The number of alkyl halides is 3. The van der Waals surface area contributed by atoms with Gasteiger partial charge >= 0.3 is 12.1 Å². The summed E-state index contributed by atoms with van der Waals surface area (Å²) in [4.78, 5) is 37.6. The first-order chi connectivity index (χ1) is 21.5. The number of nitrogens with one attached hydrogen (secondary N) is 1. The van der Waals surface area contributed by atoms with Crippen LogP contribution in [0.15, 0.2) is 96.4 Å². The number of aromatic hydroxyl groups is 1. The molecule has 1 heterocycles. The van der Waals surface area contributed by atoms with Crippen molar-refractivity contribution in [2.24, 2.45) is 5.73 Å². The van der Waals surface area contributed by atoms with Gasteiger partial charge in [-0.3, -0.25) is 9.59 Å². The molecule has 3 aromatic carbocycles. The Hall–Kier alpha value is -4.94. The highest BCUT2D eigenvalue weighted by molar-refractivity contribution is 7.09. The number of carboxylic acids is 1. The molecule has 236 valence electrons. The van der Waals surface area contributed by atoms with Gasteiger partial charge in [0.05, 0.1) is 0 Å². The van der Waals surface area contributed by atoms with Crippen LogP contribution >= 0.6 is 11.3 Å². The van der Waals surface area contributed by atoms with Crippen molar-refractivity contribution in [2.75, 3.05) is 19.6 Å². The van der Waals surface area contributed by atoms with Crippen LogP contribution in [0.4, 0.5) is 13.2 Å². The fourth-order valence-corrected chi connectivity index (χ4v) is 4.72. The van der Waals surface area contributed by atoms with E-state index in [9.17, 15) is 27.9 Å². The number of amides is 2. The molecule has 0 radical (unpaired) electrons. The number of nitrogens with two attached hydrogens (primary N) is 1. The Morgan fingerprint density at radius 2 is 1.60 bits per heavy atom. The lowest BCUT2D eigenvalue weighted by Gasteiger charge is -2.22. The van der Waals surface area contributed by atoms with Crippen LogP contribution in [0.5, 0.6) is 5.75 Å². The van der Waals surface area contributed by atoms with Gasteiger partial charge in [-0.25, -0.2) is 4.79 Å². The first kappa shape index (κ1) is 34.5. The molecule has 0 saturated heterocycles. The Labute approximate surface area is 262 Å². The lowest BCUT2D eigenvalue weighted by atomic mass is 10.0. The summed E-state index contributed by atoms with van der Waals surface area (Å²) in [5, 5.41) is 21.5. The van der Waals surface area contributed by atoms with E-state index >= 15 is 0 Å². The molecule has 0 atom stereocenters. The second-order valence-corrected chi connectivity index (χ2v) is 10.7. The molecule has 0 saturated carbocycles. The third kappa shape index (κ3) is 11.6. The summed E-state index contributed by atoms with van der Waals surface area (Å²) >= 11 is 1.68. The zero-order chi connectivity index (χ0) is 32.8. The highest BCUT2D eigenvalue weighted by Crippen LogP contribution is 2.23. The van der Waals surface area contributed by atoms with Gasteiger partial charge in [0.15, 0.2) is 0 Å². The lowest BCUT2D eigenvalue weighted by Crippen LogP contribution is -2.31. The number of phenolic OH excluding ortho intramolecular Hbond substituents is 1. The number of hydrogen-bond donors (Lipinski definition) is 4. The molecule has 12 heteroatoms. The topological polar surface area (TPSA) is 133 Å². The van der Waals surface area contributed by atoms with E-state index in [1.807, 2.05) is 52.7 Å². The molecule has 1 aromatic heterocycles. The Morgan fingerprint density at radius 3 is 2.22 bits per heavy atom. The molecule has 0 spiro atoms. The number of thiophene rings is 1. The summed E-state index contributed by atoms with van der Waals surface area (Å²) in [6.07, 6.45) is -0.971. The molecule has 0 aliphatic carbocycles. The molecule has 0 aliphatic heterocycles. The monoisotopic (exact) mass is 639 g/mol. The van der Waals surface area contributed by atoms with Crippen LogP contribution in [0, 0.1) is 0 Å². The Kier molecular flexibility index (Phi) is 12.9. The highest BCUT2D eigenvalue weighted by Gasteiger charge is 2.38. The van der Waals surface area contributed by atoms with E-state index in [0.717, 1.165) is 28.7 Å². The van der Waals surface area contributed by atoms with Crippen molar-refractivity contribution < 1.29 is 37.8 Å². The number of carboxylic acid groups (broad SMARTS) is 1. The van der Waals surface area contributed by atoms with Crippen molar-refractivity contribution in [3.8, 4) is 16.9 Å². The Morgan fingerprint density at radius 1 is 0.933 bits per heavy atom. The summed E-state index contributed by atoms with van der Waals surface area (Å²) < 4.78 is 31.7. The molecule has 0 unspecified atom stereocenters. The summed E-state index contributed by atoms with van der Waals surface area (Å²) in [6.45, 7) is 1.85. The normalized spacial score (nSPS) is 11.0. The number of halogens is 3. The predicted molar refractivity (Wildman–Crippen MR) is 168 cm³/mol. The number of rotatable bonds is 11. The highest BCUT2D eigenvalue weighted by atomic mass is 32.1. The van der Waals surface area contributed by atoms with Gasteiger partial charge in [0.1, 0.15) is 5.75 Å². The van der Waals surface area contributed by atoms with E-state index in [2.05, 4.69) is 17.4 Å². The van der Waals surface area contributed by atoms with Crippen LogP contribution in [-0.4, -0.2) is 58.7 Å². The van der Waals surface area contributed by atoms with Gasteiger partial charge in [-0.05, 0) is 76.5 Å². The maximum absolute atomic E-state index is 13.2. The van der Waals surface area contributed by atoms with Crippen LogP contribution in [-0.2, 0) is 22.6 Å². The van der Waals surface area contributed by atoms with Gasteiger partial charge in [-0.2, -0.15) is 13.2 Å². The average molecular weight is 640 g/mol. The summed E-state index contributed by atoms with van der Waals surface area (Å²) in [5.41, 5.74) is 9.82. The molecule has 0 bridgehead atoms. The van der Waals surface area contributed by atoms with Crippen LogP contribution in [0.2, 0.25) is 0 Å². The maximum Gasteiger partial charge on any atom is 0.490 e. The molecule has 5 N–H and O–H groups in total. The first-order valence-electron chi connectivity index (χ1n) is 13.7. The minimum Gasteiger partial charge on any atom is -0.508 e. The quantitative estimate of drug-likeness (QED) is 0.155. The molecule has 0 aliphatic rings. The van der Waals surface area contributed by atoms with E-state index < -0.39 is 12.1 Å². The molecule has 2 amide bonds. The fraction of sp³-hybridized carbons (Fsp3) is 0.182. The van der Waals surface area contributed by atoms with Crippen LogP contribution < -0.4 is 11.1 Å². The van der Waals surface area contributed by atoms with Gasteiger partial charge in [0.25, 0.3) is 5.91 Å². The van der Waals surface area contributed by atoms with Crippen molar-refractivity contribution >= 4 is 35.2 Å².